The standard InChI is InChI=1S/C13H16N2O6/c14-9(6-11(17)18)12(19)15-10(13(20)21)5-7-1-3-8(16)4-2-7/h1-4,9-10,16H,5-6,14H2,(H,15,19)(H,17,18)(H,20,21)/t9-,10+/m0/s1. The van der Waals surface area contributed by atoms with E-state index in [0.29, 0.717) is 5.56 Å². The van der Waals surface area contributed by atoms with Crippen molar-refractivity contribution in [1.29, 1.82) is 0 Å². The van der Waals surface area contributed by atoms with Crippen LogP contribution in [-0.2, 0) is 20.8 Å². The molecule has 0 aromatic heterocycles. The molecule has 0 radical (unpaired) electrons. The van der Waals surface area contributed by atoms with Crippen molar-refractivity contribution >= 4 is 17.8 Å². The van der Waals surface area contributed by atoms with Crippen molar-refractivity contribution in [2.24, 2.45) is 5.73 Å². The lowest BCUT2D eigenvalue weighted by Crippen LogP contribution is -2.49. The van der Waals surface area contributed by atoms with Gasteiger partial charge in [0.25, 0.3) is 0 Å². The quantitative estimate of drug-likeness (QED) is 0.446. The maximum Gasteiger partial charge on any atom is 0.326 e. The first-order chi connectivity index (χ1) is 9.79. The molecule has 0 bridgehead atoms. The van der Waals surface area contributed by atoms with Crippen molar-refractivity contribution in [2.75, 3.05) is 0 Å². The number of phenolic OH excluding ortho intramolecular Hbond substituents is 1. The molecule has 21 heavy (non-hydrogen) atoms. The third-order valence-electron chi connectivity index (χ3n) is 2.72. The number of aromatic hydroxyl groups is 1. The molecule has 0 heterocycles. The smallest absolute Gasteiger partial charge is 0.326 e. The fourth-order valence-electron chi connectivity index (χ4n) is 1.63. The second-order valence-electron chi connectivity index (χ2n) is 4.47. The molecule has 0 spiro atoms. The number of nitrogens with two attached hydrogens (primary N) is 1. The van der Waals surface area contributed by atoms with E-state index in [1.165, 1.54) is 24.3 Å². The van der Waals surface area contributed by atoms with Gasteiger partial charge in [-0.3, -0.25) is 9.59 Å². The molecule has 0 aliphatic rings. The van der Waals surface area contributed by atoms with E-state index in [-0.39, 0.29) is 12.2 Å². The van der Waals surface area contributed by atoms with Crippen LogP contribution < -0.4 is 11.1 Å². The molecule has 0 aliphatic carbocycles. The Morgan fingerprint density at radius 1 is 1.14 bits per heavy atom. The van der Waals surface area contributed by atoms with Crippen LogP contribution in [0, 0.1) is 0 Å². The van der Waals surface area contributed by atoms with Gasteiger partial charge < -0.3 is 26.4 Å². The van der Waals surface area contributed by atoms with E-state index in [0.717, 1.165) is 0 Å². The van der Waals surface area contributed by atoms with Crippen molar-refractivity contribution in [1.82, 2.24) is 5.32 Å². The number of aliphatic carboxylic acids is 2. The molecule has 114 valence electrons. The average Bonchev–Trinajstić information content (AvgIpc) is 2.39. The zero-order valence-electron chi connectivity index (χ0n) is 11.0. The molecule has 1 aromatic carbocycles. The first-order valence-electron chi connectivity index (χ1n) is 6.08. The van der Waals surface area contributed by atoms with Gasteiger partial charge in [0.1, 0.15) is 11.8 Å². The number of benzene rings is 1. The molecule has 1 rings (SSSR count). The number of rotatable bonds is 7. The van der Waals surface area contributed by atoms with Gasteiger partial charge in [0, 0.05) is 6.42 Å². The number of carboxylic acids is 2. The third kappa shape index (κ3) is 5.49. The Morgan fingerprint density at radius 2 is 1.71 bits per heavy atom. The summed E-state index contributed by atoms with van der Waals surface area (Å²) in [4.78, 5) is 33.2. The zero-order chi connectivity index (χ0) is 16.0. The minimum atomic E-state index is -1.32. The molecule has 8 heteroatoms. The summed E-state index contributed by atoms with van der Waals surface area (Å²) < 4.78 is 0. The lowest BCUT2D eigenvalue weighted by molar-refractivity contribution is -0.142. The molecule has 1 aromatic rings. The topological polar surface area (TPSA) is 150 Å². The second kappa shape index (κ2) is 7.25. The summed E-state index contributed by atoms with van der Waals surface area (Å²) in [6.07, 6.45) is -0.599. The molecule has 6 N–H and O–H groups in total. The van der Waals surface area contributed by atoms with Crippen molar-refractivity contribution in [2.45, 2.75) is 24.9 Å². The SMILES string of the molecule is N[C@@H](CC(=O)O)C(=O)N[C@H](Cc1ccc(O)cc1)C(=O)O. The van der Waals surface area contributed by atoms with E-state index in [1.54, 1.807) is 0 Å². The van der Waals surface area contributed by atoms with E-state index in [2.05, 4.69) is 5.32 Å². The maximum atomic E-state index is 11.6. The Balaban J connectivity index is 2.69. The molecular formula is C13H16N2O6. The Kier molecular flexibility index (Phi) is 5.67. The monoisotopic (exact) mass is 296 g/mol. The second-order valence-corrected chi connectivity index (χ2v) is 4.47. The van der Waals surface area contributed by atoms with Crippen LogP contribution in [0.25, 0.3) is 0 Å². The maximum absolute atomic E-state index is 11.6. The highest BCUT2D eigenvalue weighted by atomic mass is 16.4. The van der Waals surface area contributed by atoms with Gasteiger partial charge in [-0.25, -0.2) is 4.79 Å². The number of carbonyl (C=O) groups excluding carboxylic acids is 1. The predicted octanol–water partition coefficient (Wildman–Crippen LogP) is -0.694. The van der Waals surface area contributed by atoms with Gasteiger partial charge in [0.2, 0.25) is 5.91 Å². The summed E-state index contributed by atoms with van der Waals surface area (Å²) >= 11 is 0. The van der Waals surface area contributed by atoms with Gasteiger partial charge in [-0.2, -0.15) is 0 Å². The minimum Gasteiger partial charge on any atom is -0.508 e. The van der Waals surface area contributed by atoms with Crippen LogP contribution in [0.15, 0.2) is 24.3 Å². The van der Waals surface area contributed by atoms with Gasteiger partial charge in [-0.15, -0.1) is 0 Å². The first kappa shape index (κ1) is 16.4. The average molecular weight is 296 g/mol. The van der Waals surface area contributed by atoms with E-state index in [1.807, 2.05) is 0 Å². The molecule has 0 fully saturated rings. The lowest BCUT2D eigenvalue weighted by atomic mass is 10.1. The summed E-state index contributed by atoms with van der Waals surface area (Å²) in [6, 6.07) is 3.29. The van der Waals surface area contributed by atoms with Crippen LogP contribution in [0.3, 0.4) is 0 Å². The first-order valence-corrected chi connectivity index (χ1v) is 6.08. The molecule has 0 unspecified atom stereocenters. The lowest BCUT2D eigenvalue weighted by Gasteiger charge is -2.17. The number of hydrogen-bond donors (Lipinski definition) is 5. The normalized spacial score (nSPS) is 13.2. The molecule has 1 amide bonds. The summed E-state index contributed by atoms with van der Waals surface area (Å²) in [6.45, 7) is 0. The highest BCUT2D eigenvalue weighted by Gasteiger charge is 2.24. The number of phenols is 1. The molecule has 0 saturated carbocycles. The number of carbonyl (C=O) groups is 3. The van der Waals surface area contributed by atoms with Gasteiger partial charge in [0.05, 0.1) is 12.5 Å². The van der Waals surface area contributed by atoms with E-state index in [4.69, 9.17) is 21.1 Å². The Morgan fingerprint density at radius 3 is 2.19 bits per heavy atom. The number of amides is 1. The van der Waals surface area contributed by atoms with E-state index < -0.39 is 36.4 Å². The van der Waals surface area contributed by atoms with Crippen molar-refractivity contribution in [3.8, 4) is 5.75 Å². The molecular weight excluding hydrogens is 280 g/mol. The Hall–Kier alpha value is -2.61. The van der Waals surface area contributed by atoms with Crippen LogP contribution in [0.2, 0.25) is 0 Å². The Labute approximate surface area is 120 Å². The van der Waals surface area contributed by atoms with E-state index >= 15 is 0 Å². The number of nitrogens with one attached hydrogen (secondary N) is 1. The third-order valence-corrected chi connectivity index (χ3v) is 2.72. The summed E-state index contributed by atoms with van der Waals surface area (Å²) in [7, 11) is 0. The largest absolute Gasteiger partial charge is 0.508 e. The fourth-order valence-corrected chi connectivity index (χ4v) is 1.63. The number of hydrogen-bond acceptors (Lipinski definition) is 5. The van der Waals surface area contributed by atoms with Crippen LogP contribution in [0.4, 0.5) is 0 Å². The van der Waals surface area contributed by atoms with Gasteiger partial charge in [-0.1, -0.05) is 12.1 Å². The van der Waals surface area contributed by atoms with Crippen molar-refractivity contribution in [3.05, 3.63) is 29.8 Å². The summed E-state index contributed by atoms with van der Waals surface area (Å²) in [5, 5.41) is 29.0. The predicted molar refractivity (Wildman–Crippen MR) is 71.6 cm³/mol. The molecule has 0 saturated heterocycles. The molecule has 8 nitrogen and oxygen atoms in total. The number of carboxylic acid groups (broad SMARTS) is 2. The van der Waals surface area contributed by atoms with E-state index in [9.17, 15) is 14.4 Å². The van der Waals surface area contributed by atoms with Crippen LogP contribution >= 0.6 is 0 Å². The zero-order valence-corrected chi connectivity index (χ0v) is 11.0. The Bertz CT molecular complexity index is 528. The van der Waals surface area contributed by atoms with Crippen molar-refractivity contribution < 1.29 is 29.7 Å². The van der Waals surface area contributed by atoms with Gasteiger partial charge in [0.15, 0.2) is 0 Å². The van der Waals surface area contributed by atoms with Crippen LogP contribution in [0.1, 0.15) is 12.0 Å². The van der Waals surface area contributed by atoms with Crippen molar-refractivity contribution in [3.63, 3.8) is 0 Å². The van der Waals surface area contributed by atoms with Gasteiger partial charge >= 0.3 is 11.9 Å². The fraction of sp³-hybridized carbons (Fsp3) is 0.308. The summed E-state index contributed by atoms with van der Waals surface area (Å²) in [5.74, 6) is -3.32. The summed E-state index contributed by atoms with van der Waals surface area (Å²) in [5.41, 5.74) is 5.95. The minimum absolute atomic E-state index is 0.0128. The van der Waals surface area contributed by atoms with Crippen LogP contribution in [-0.4, -0.2) is 45.2 Å². The highest BCUT2D eigenvalue weighted by Crippen LogP contribution is 2.11. The highest BCUT2D eigenvalue weighted by molar-refractivity contribution is 5.89. The molecule has 2 atom stereocenters. The molecule has 0 aliphatic heterocycles. The van der Waals surface area contributed by atoms with Crippen LogP contribution in [0.5, 0.6) is 5.75 Å². The van der Waals surface area contributed by atoms with Gasteiger partial charge in [-0.05, 0) is 17.7 Å².